The molecule has 0 bridgehead atoms. The van der Waals surface area contributed by atoms with Crippen LogP contribution in [-0.4, -0.2) is 30.4 Å². The van der Waals surface area contributed by atoms with Crippen molar-refractivity contribution < 1.29 is 9.18 Å². The fraction of sp³-hybridized carbons (Fsp3) is 0.417. The van der Waals surface area contributed by atoms with Gasteiger partial charge in [-0.2, -0.15) is 0 Å². The highest BCUT2D eigenvalue weighted by Gasteiger charge is 2.25. The predicted molar refractivity (Wildman–Crippen MR) is 66.7 cm³/mol. The lowest BCUT2D eigenvalue weighted by atomic mass is 10.1. The second-order valence-electron chi connectivity index (χ2n) is 4.15. The van der Waals surface area contributed by atoms with Gasteiger partial charge in [-0.25, -0.2) is 4.39 Å². The van der Waals surface area contributed by atoms with Crippen LogP contribution in [0.3, 0.4) is 0 Å². The van der Waals surface area contributed by atoms with Gasteiger partial charge in [-0.05, 0) is 43.1 Å². The van der Waals surface area contributed by atoms with Gasteiger partial charge in [0.15, 0.2) is 0 Å². The van der Waals surface area contributed by atoms with Gasteiger partial charge >= 0.3 is 0 Å². The first-order valence-electron chi connectivity index (χ1n) is 5.45. The van der Waals surface area contributed by atoms with Crippen LogP contribution in [0.25, 0.3) is 0 Å². The third-order valence-electron chi connectivity index (χ3n) is 3.00. The van der Waals surface area contributed by atoms with E-state index in [0.29, 0.717) is 24.6 Å². The number of amides is 1. The van der Waals surface area contributed by atoms with Crippen LogP contribution >= 0.6 is 12.4 Å². The van der Waals surface area contributed by atoms with E-state index in [1.165, 1.54) is 24.3 Å². The van der Waals surface area contributed by atoms with E-state index in [9.17, 15) is 9.18 Å². The van der Waals surface area contributed by atoms with Gasteiger partial charge in [0, 0.05) is 18.7 Å². The summed E-state index contributed by atoms with van der Waals surface area (Å²) in [5.41, 5.74) is 6.11. The molecular weight excluding hydrogens is 243 g/mol. The Balaban J connectivity index is 0.00000144. The molecule has 1 amide bonds. The molecule has 0 saturated carbocycles. The van der Waals surface area contributed by atoms with Crippen LogP contribution in [0.4, 0.5) is 4.39 Å². The van der Waals surface area contributed by atoms with Crippen molar-refractivity contribution in [1.29, 1.82) is 0 Å². The summed E-state index contributed by atoms with van der Waals surface area (Å²) in [7, 11) is 0. The molecule has 2 rings (SSSR count). The standard InChI is InChI=1S/C12H15FN2O.ClH/c13-11-3-1-10(2-4-11)12(16)15-6-5-9(7-14)8-15;/h1-4,9H,5-8,14H2;1H. The van der Waals surface area contributed by atoms with E-state index in [0.717, 1.165) is 13.0 Å². The van der Waals surface area contributed by atoms with E-state index >= 15 is 0 Å². The predicted octanol–water partition coefficient (Wildman–Crippen LogP) is 1.67. The first kappa shape index (κ1) is 13.9. The zero-order valence-corrected chi connectivity index (χ0v) is 10.3. The minimum atomic E-state index is -0.321. The highest BCUT2D eigenvalue weighted by Crippen LogP contribution is 2.17. The Kier molecular flexibility index (Phi) is 4.90. The summed E-state index contributed by atoms with van der Waals surface area (Å²) in [5, 5.41) is 0. The van der Waals surface area contributed by atoms with Crippen LogP contribution < -0.4 is 5.73 Å². The highest BCUT2D eigenvalue weighted by molar-refractivity contribution is 5.94. The van der Waals surface area contributed by atoms with Crippen LogP contribution in [0, 0.1) is 11.7 Å². The Morgan fingerprint density at radius 3 is 2.59 bits per heavy atom. The normalized spacial score (nSPS) is 18.9. The number of halogens is 2. The number of likely N-dealkylation sites (tertiary alicyclic amines) is 1. The van der Waals surface area contributed by atoms with Crippen LogP contribution in [0.2, 0.25) is 0 Å². The van der Waals surface area contributed by atoms with E-state index in [2.05, 4.69) is 0 Å². The largest absolute Gasteiger partial charge is 0.338 e. The lowest BCUT2D eigenvalue weighted by Crippen LogP contribution is -2.29. The topological polar surface area (TPSA) is 46.3 Å². The molecule has 5 heteroatoms. The van der Waals surface area contributed by atoms with E-state index in [4.69, 9.17) is 5.73 Å². The van der Waals surface area contributed by atoms with Crippen molar-refractivity contribution in [3.63, 3.8) is 0 Å². The lowest BCUT2D eigenvalue weighted by Gasteiger charge is -2.16. The molecule has 1 aromatic rings. The van der Waals surface area contributed by atoms with Crippen LogP contribution in [0.5, 0.6) is 0 Å². The quantitative estimate of drug-likeness (QED) is 0.877. The zero-order chi connectivity index (χ0) is 11.5. The molecule has 1 atom stereocenters. The van der Waals surface area contributed by atoms with Gasteiger partial charge in [-0.1, -0.05) is 0 Å². The smallest absolute Gasteiger partial charge is 0.253 e. The maximum absolute atomic E-state index is 12.7. The summed E-state index contributed by atoms with van der Waals surface area (Å²) in [5.74, 6) is 0.0538. The maximum Gasteiger partial charge on any atom is 0.253 e. The molecule has 0 aliphatic carbocycles. The van der Waals surface area contributed by atoms with Crippen molar-refractivity contribution in [3.8, 4) is 0 Å². The Labute approximate surface area is 106 Å². The highest BCUT2D eigenvalue weighted by atomic mass is 35.5. The van der Waals surface area contributed by atoms with Crippen LogP contribution in [0.15, 0.2) is 24.3 Å². The number of nitrogens with two attached hydrogens (primary N) is 1. The van der Waals surface area contributed by atoms with Crippen molar-refractivity contribution in [1.82, 2.24) is 4.90 Å². The summed E-state index contributed by atoms with van der Waals surface area (Å²) in [6.07, 6.45) is 0.962. The van der Waals surface area contributed by atoms with Gasteiger partial charge in [0.05, 0.1) is 0 Å². The Morgan fingerprint density at radius 2 is 2.06 bits per heavy atom. The fourth-order valence-electron chi connectivity index (χ4n) is 1.98. The summed E-state index contributed by atoms with van der Waals surface area (Å²) in [6.45, 7) is 2.08. The minimum absolute atomic E-state index is 0. The van der Waals surface area contributed by atoms with Crippen molar-refractivity contribution in [3.05, 3.63) is 35.6 Å². The number of nitrogens with zero attached hydrogens (tertiary/aromatic N) is 1. The van der Waals surface area contributed by atoms with Crippen molar-refractivity contribution >= 4 is 18.3 Å². The average molecular weight is 259 g/mol. The fourth-order valence-corrected chi connectivity index (χ4v) is 1.98. The van der Waals surface area contributed by atoms with Gasteiger partial charge in [-0.15, -0.1) is 12.4 Å². The van der Waals surface area contributed by atoms with Crippen molar-refractivity contribution in [2.75, 3.05) is 19.6 Å². The first-order valence-corrected chi connectivity index (χ1v) is 5.45. The molecule has 1 saturated heterocycles. The Hall–Kier alpha value is -1.13. The second kappa shape index (κ2) is 5.98. The molecule has 0 radical (unpaired) electrons. The number of carbonyl (C=O) groups is 1. The van der Waals surface area contributed by atoms with Gasteiger partial charge < -0.3 is 10.6 Å². The molecule has 1 heterocycles. The molecule has 1 aliphatic rings. The number of benzene rings is 1. The number of carbonyl (C=O) groups excluding carboxylic acids is 1. The summed E-state index contributed by atoms with van der Waals surface area (Å²) < 4.78 is 12.7. The molecule has 17 heavy (non-hydrogen) atoms. The number of hydrogen-bond acceptors (Lipinski definition) is 2. The molecule has 1 aliphatic heterocycles. The minimum Gasteiger partial charge on any atom is -0.338 e. The third-order valence-corrected chi connectivity index (χ3v) is 3.00. The van der Waals surface area contributed by atoms with Crippen molar-refractivity contribution in [2.24, 2.45) is 11.7 Å². The van der Waals surface area contributed by atoms with Gasteiger partial charge in [0.1, 0.15) is 5.82 Å². The average Bonchev–Trinajstić information content (AvgIpc) is 2.77. The number of hydrogen-bond donors (Lipinski definition) is 1. The van der Waals surface area contributed by atoms with Crippen LogP contribution in [-0.2, 0) is 0 Å². The van der Waals surface area contributed by atoms with Gasteiger partial charge in [0.2, 0.25) is 0 Å². The monoisotopic (exact) mass is 258 g/mol. The second-order valence-corrected chi connectivity index (χ2v) is 4.15. The SMILES string of the molecule is Cl.NCC1CCN(C(=O)c2ccc(F)cc2)C1. The molecule has 1 fully saturated rings. The van der Waals surface area contributed by atoms with Gasteiger partial charge in [-0.3, -0.25) is 4.79 Å². The Morgan fingerprint density at radius 1 is 1.41 bits per heavy atom. The summed E-state index contributed by atoms with van der Waals surface area (Å²) in [4.78, 5) is 13.8. The zero-order valence-electron chi connectivity index (χ0n) is 9.43. The van der Waals surface area contributed by atoms with E-state index in [-0.39, 0.29) is 24.1 Å². The van der Waals surface area contributed by atoms with Crippen molar-refractivity contribution in [2.45, 2.75) is 6.42 Å². The summed E-state index contributed by atoms with van der Waals surface area (Å²) in [6, 6.07) is 5.66. The van der Waals surface area contributed by atoms with Gasteiger partial charge in [0.25, 0.3) is 5.91 Å². The van der Waals surface area contributed by atoms with E-state index in [1.807, 2.05) is 0 Å². The molecular formula is C12H16ClFN2O. The molecule has 1 unspecified atom stereocenters. The molecule has 3 nitrogen and oxygen atoms in total. The lowest BCUT2D eigenvalue weighted by molar-refractivity contribution is 0.0787. The molecule has 94 valence electrons. The maximum atomic E-state index is 12.7. The first-order chi connectivity index (χ1) is 7.70. The molecule has 1 aromatic carbocycles. The van der Waals surface area contributed by atoms with Crippen LogP contribution in [0.1, 0.15) is 16.8 Å². The molecule has 0 aromatic heterocycles. The Bertz CT molecular complexity index is 383. The summed E-state index contributed by atoms with van der Waals surface area (Å²) >= 11 is 0. The van der Waals surface area contributed by atoms with E-state index < -0.39 is 0 Å². The third kappa shape index (κ3) is 3.17. The molecule has 2 N–H and O–H groups in total. The molecule has 0 spiro atoms. The number of rotatable bonds is 2. The van der Waals surface area contributed by atoms with E-state index in [1.54, 1.807) is 4.90 Å².